The van der Waals surface area contributed by atoms with Crippen molar-refractivity contribution in [2.24, 2.45) is 11.8 Å². The molecule has 230 valence electrons. The van der Waals surface area contributed by atoms with Gasteiger partial charge in [0.2, 0.25) is 5.91 Å². The zero-order chi connectivity index (χ0) is 31.1. The van der Waals surface area contributed by atoms with Crippen molar-refractivity contribution < 1.29 is 57.1 Å². The van der Waals surface area contributed by atoms with Crippen LogP contribution in [-0.4, -0.2) is 50.6 Å². The van der Waals surface area contributed by atoms with E-state index in [-0.39, 0.29) is 49.4 Å². The molecule has 1 amide bonds. The van der Waals surface area contributed by atoms with E-state index in [4.69, 9.17) is 0 Å². The fourth-order valence-electron chi connectivity index (χ4n) is 6.83. The smallest absolute Gasteiger partial charge is 0.336 e. The second-order valence-electron chi connectivity index (χ2n) is 11.0. The molecule has 0 N–H and O–H groups in total. The Bertz CT molecular complexity index is 1490. The molecule has 2 aromatic carbocycles. The number of carbonyl (C=O) groups excluding carboxylic acids is 1. The standard InChI is InChI=1S/C27H23F10NO3S/c28-17-3-5-18(6-4-17)42(40,41)24-10-9-19(22(39)38-12-11-23(29,30)14-38)21(24)7-1-15-13-16(2-8-20(15)24)25(31,26(32,33)34)27(35,36)37/h2-6,8,13,19,21H,1,7,9-12,14H2/t19-,21+,24-/m1/s1. The minimum atomic E-state index is -6.39. The second kappa shape index (κ2) is 9.58. The van der Waals surface area contributed by atoms with Crippen molar-refractivity contribution in [3.63, 3.8) is 0 Å². The Hall–Kier alpha value is -2.84. The summed E-state index contributed by atoms with van der Waals surface area (Å²) < 4.78 is 164. The van der Waals surface area contributed by atoms with E-state index in [0.717, 1.165) is 29.2 Å². The first-order valence-corrected chi connectivity index (χ1v) is 14.4. The van der Waals surface area contributed by atoms with Gasteiger partial charge in [0.05, 0.1) is 11.4 Å². The molecular weight excluding hydrogens is 608 g/mol. The van der Waals surface area contributed by atoms with E-state index in [9.17, 15) is 57.1 Å². The molecule has 4 nitrogen and oxygen atoms in total. The summed E-state index contributed by atoms with van der Waals surface area (Å²) in [5.74, 6) is -6.87. The van der Waals surface area contributed by atoms with Crippen LogP contribution < -0.4 is 0 Å². The highest BCUT2D eigenvalue weighted by Crippen LogP contribution is 2.61. The normalized spacial score (nSPS) is 26.2. The first kappa shape index (κ1) is 30.6. The highest BCUT2D eigenvalue weighted by Gasteiger charge is 2.74. The number of amides is 1. The van der Waals surface area contributed by atoms with Gasteiger partial charge in [-0.05, 0) is 67.0 Å². The lowest BCUT2D eigenvalue weighted by atomic mass is 9.72. The van der Waals surface area contributed by atoms with Gasteiger partial charge in [-0.1, -0.05) is 18.2 Å². The third-order valence-electron chi connectivity index (χ3n) is 8.78. The lowest BCUT2D eigenvalue weighted by molar-refractivity contribution is -0.348. The number of carbonyl (C=O) groups is 1. The van der Waals surface area contributed by atoms with Crippen LogP contribution in [0.4, 0.5) is 43.9 Å². The van der Waals surface area contributed by atoms with Gasteiger partial charge in [-0.15, -0.1) is 0 Å². The predicted molar refractivity (Wildman–Crippen MR) is 127 cm³/mol. The molecule has 0 radical (unpaired) electrons. The van der Waals surface area contributed by atoms with Crippen molar-refractivity contribution >= 4 is 15.7 Å². The molecule has 1 saturated carbocycles. The first-order chi connectivity index (χ1) is 19.3. The summed E-state index contributed by atoms with van der Waals surface area (Å²) in [6.45, 7) is -1.15. The Morgan fingerprint density at radius 2 is 1.50 bits per heavy atom. The molecule has 0 unspecified atom stereocenters. The Morgan fingerprint density at radius 3 is 2.05 bits per heavy atom. The zero-order valence-corrected chi connectivity index (χ0v) is 22.3. The predicted octanol–water partition coefficient (Wildman–Crippen LogP) is 6.62. The lowest BCUT2D eigenvalue weighted by Crippen LogP contribution is -2.51. The number of halogens is 10. The third-order valence-corrected chi connectivity index (χ3v) is 11.4. The maximum Gasteiger partial charge on any atom is 0.435 e. The number of alkyl halides is 9. The fraction of sp³-hybridized carbons (Fsp3) is 0.519. The van der Waals surface area contributed by atoms with Crippen LogP contribution in [-0.2, 0) is 31.5 Å². The highest BCUT2D eigenvalue weighted by atomic mass is 32.2. The van der Waals surface area contributed by atoms with Gasteiger partial charge < -0.3 is 4.90 Å². The summed E-state index contributed by atoms with van der Waals surface area (Å²) in [5, 5.41) is 0. The monoisotopic (exact) mass is 631 g/mol. The van der Waals surface area contributed by atoms with Gasteiger partial charge in [-0.3, -0.25) is 4.79 Å². The number of aryl methyl sites for hydroxylation is 1. The van der Waals surface area contributed by atoms with Crippen molar-refractivity contribution in [1.82, 2.24) is 4.90 Å². The number of nitrogens with zero attached hydrogens (tertiary/aromatic N) is 1. The summed E-state index contributed by atoms with van der Waals surface area (Å²) in [5.41, 5.74) is -8.02. The number of benzene rings is 2. The molecule has 15 heteroatoms. The molecule has 2 aromatic rings. The second-order valence-corrected chi connectivity index (χ2v) is 13.2. The van der Waals surface area contributed by atoms with Crippen LogP contribution >= 0.6 is 0 Å². The topological polar surface area (TPSA) is 54.5 Å². The largest absolute Gasteiger partial charge is 0.435 e. The molecule has 0 bridgehead atoms. The minimum Gasteiger partial charge on any atom is -0.336 e. The van der Waals surface area contributed by atoms with Crippen LogP contribution in [0.3, 0.4) is 0 Å². The summed E-state index contributed by atoms with van der Waals surface area (Å²) >= 11 is 0. The lowest BCUT2D eigenvalue weighted by Gasteiger charge is -2.43. The van der Waals surface area contributed by atoms with Gasteiger partial charge in [0.1, 0.15) is 10.6 Å². The maximum absolute atomic E-state index is 14.9. The van der Waals surface area contributed by atoms with E-state index in [2.05, 4.69) is 0 Å². The Morgan fingerprint density at radius 1 is 0.881 bits per heavy atom. The van der Waals surface area contributed by atoms with Crippen LogP contribution in [0.2, 0.25) is 0 Å². The van der Waals surface area contributed by atoms with E-state index < -0.39 is 85.5 Å². The number of fused-ring (bicyclic) bond motifs is 3. The van der Waals surface area contributed by atoms with Gasteiger partial charge >= 0.3 is 18.0 Å². The average molecular weight is 632 g/mol. The van der Waals surface area contributed by atoms with Crippen LogP contribution in [0.25, 0.3) is 0 Å². The number of likely N-dealkylation sites (tertiary alicyclic amines) is 1. The van der Waals surface area contributed by atoms with Gasteiger partial charge in [-0.2, -0.15) is 26.3 Å². The molecule has 2 fully saturated rings. The third kappa shape index (κ3) is 4.39. The van der Waals surface area contributed by atoms with Gasteiger partial charge in [0.25, 0.3) is 5.92 Å². The van der Waals surface area contributed by atoms with Gasteiger partial charge in [-0.25, -0.2) is 26.0 Å². The number of hydrogen-bond donors (Lipinski definition) is 0. The summed E-state index contributed by atoms with van der Waals surface area (Å²) in [4.78, 5) is 13.9. The van der Waals surface area contributed by atoms with E-state index in [1.807, 2.05) is 0 Å². The fourth-order valence-corrected chi connectivity index (χ4v) is 9.30. The summed E-state index contributed by atoms with van der Waals surface area (Å²) in [7, 11) is -4.63. The van der Waals surface area contributed by atoms with Crippen LogP contribution in [0, 0.1) is 17.7 Å². The Kier molecular flexibility index (Phi) is 6.98. The van der Waals surface area contributed by atoms with Crippen LogP contribution in [0.15, 0.2) is 47.4 Å². The van der Waals surface area contributed by atoms with Crippen molar-refractivity contribution in [3.8, 4) is 0 Å². The highest BCUT2D eigenvalue weighted by molar-refractivity contribution is 7.92. The van der Waals surface area contributed by atoms with Crippen LogP contribution in [0.1, 0.15) is 42.4 Å². The summed E-state index contributed by atoms with van der Waals surface area (Å²) in [6.07, 6.45) is -14.4. The molecule has 42 heavy (non-hydrogen) atoms. The van der Waals surface area contributed by atoms with Crippen molar-refractivity contribution in [2.45, 2.75) is 65.7 Å². The molecule has 3 aliphatic rings. The molecule has 1 heterocycles. The van der Waals surface area contributed by atoms with Gasteiger partial charge in [0, 0.05) is 24.4 Å². The van der Waals surface area contributed by atoms with Crippen molar-refractivity contribution in [3.05, 3.63) is 65.0 Å². The van der Waals surface area contributed by atoms with E-state index in [1.54, 1.807) is 0 Å². The minimum absolute atomic E-state index is 0.134. The van der Waals surface area contributed by atoms with Gasteiger partial charge in [0.15, 0.2) is 9.84 Å². The van der Waals surface area contributed by atoms with E-state index in [0.29, 0.717) is 12.1 Å². The van der Waals surface area contributed by atoms with E-state index in [1.165, 1.54) is 0 Å². The number of sulfone groups is 1. The zero-order valence-electron chi connectivity index (χ0n) is 21.5. The number of hydrogen-bond acceptors (Lipinski definition) is 3. The SMILES string of the molecule is O=C([C@@H]1CC[C@@]2(S(=O)(=O)c3ccc(F)cc3)c3ccc(C(F)(C(F)(F)F)C(F)(F)F)cc3CC[C@@H]12)N1CCC(F)(F)C1. The first-order valence-electron chi connectivity index (χ1n) is 12.9. The summed E-state index contributed by atoms with van der Waals surface area (Å²) in [6, 6.07) is 4.87. The van der Waals surface area contributed by atoms with Crippen molar-refractivity contribution in [2.75, 3.05) is 13.1 Å². The molecule has 0 spiro atoms. The molecule has 2 aliphatic carbocycles. The molecule has 5 rings (SSSR count). The molecule has 1 aliphatic heterocycles. The van der Waals surface area contributed by atoms with Crippen molar-refractivity contribution in [1.29, 1.82) is 0 Å². The number of rotatable bonds is 4. The average Bonchev–Trinajstić information content (AvgIpc) is 3.47. The molecule has 0 aromatic heterocycles. The Balaban J connectivity index is 1.67. The quantitative estimate of drug-likeness (QED) is 0.282. The molecule has 1 saturated heterocycles. The molecular formula is C27H23F10NO3S. The van der Waals surface area contributed by atoms with E-state index >= 15 is 0 Å². The molecule has 3 atom stereocenters. The van der Waals surface area contributed by atoms with Crippen LogP contribution in [0.5, 0.6) is 0 Å². The Labute approximate surface area is 233 Å². The maximum atomic E-state index is 14.9.